The standard InChI is InChI=1S/C16H23NOSi/c1-19(2,3)16-8-6-14(7-9-16)13-17-11-10-15-5-4-12-18-15/h4-9,12,17H,10-11,13H2,1-3H3. The summed E-state index contributed by atoms with van der Waals surface area (Å²) < 4.78 is 5.30. The van der Waals surface area contributed by atoms with Crippen LogP contribution in [0.1, 0.15) is 11.3 Å². The van der Waals surface area contributed by atoms with Crippen LogP contribution in [0.25, 0.3) is 0 Å². The van der Waals surface area contributed by atoms with Gasteiger partial charge in [-0.3, -0.25) is 0 Å². The second-order valence-corrected chi connectivity index (χ2v) is 11.0. The van der Waals surface area contributed by atoms with Gasteiger partial charge in [-0.2, -0.15) is 0 Å². The van der Waals surface area contributed by atoms with E-state index in [0.717, 1.165) is 25.3 Å². The van der Waals surface area contributed by atoms with Crippen molar-refractivity contribution in [2.45, 2.75) is 32.6 Å². The molecule has 0 unspecified atom stereocenters. The Labute approximate surface area is 116 Å². The number of hydrogen-bond acceptors (Lipinski definition) is 2. The van der Waals surface area contributed by atoms with E-state index in [0.29, 0.717) is 0 Å². The second kappa shape index (κ2) is 6.22. The minimum absolute atomic E-state index is 0.923. The molecule has 0 radical (unpaired) electrons. The van der Waals surface area contributed by atoms with Crippen LogP contribution in [-0.4, -0.2) is 14.6 Å². The van der Waals surface area contributed by atoms with Crippen LogP contribution in [0, 0.1) is 0 Å². The number of benzene rings is 1. The molecule has 0 bridgehead atoms. The van der Waals surface area contributed by atoms with Crippen molar-refractivity contribution in [1.29, 1.82) is 0 Å². The third-order valence-corrected chi connectivity index (χ3v) is 5.34. The first-order valence-electron chi connectivity index (χ1n) is 6.88. The Balaban J connectivity index is 1.77. The molecular weight excluding hydrogens is 250 g/mol. The molecule has 1 heterocycles. The Morgan fingerprint density at radius 2 is 1.79 bits per heavy atom. The molecule has 0 saturated heterocycles. The number of hydrogen-bond donors (Lipinski definition) is 1. The fraction of sp³-hybridized carbons (Fsp3) is 0.375. The molecule has 0 saturated carbocycles. The highest BCUT2D eigenvalue weighted by Crippen LogP contribution is 2.05. The summed E-state index contributed by atoms with van der Waals surface area (Å²) in [5, 5.41) is 4.97. The van der Waals surface area contributed by atoms with Crippen LogP contribution in [0.15, 0.2) is 47.1 Å². The fourth-order valence-electron chi connectivity index (χ4n) is 2.02. The highest BCUT2D eigenvalue weighted by molar-refractivity contribution is 6.88. The molecule has 1 aromatic carbocycles. The summed E-state index contributed by atoms with van der Waals surface area (Å²) in [4.78, 5) is 0. The lowest BCUT2D eigenvalue weighted by molar-refractivity contribution is 0.499. The van der Waals surface area contributed by atoms with Crippen molar-refractivity contribution in [3.05, 3.63) is 54.0 Å². The van der Waals surface area contributed by atoms with Gasteiger partial charge in [0.15, 0.2) is 0 Å². The predicted octanol–water partition coefficient (Wildman–Crippen LogP) is 3.16. The van der Waals surface area contributed by atoms with E-state index in [1.165, 1.54) is 10.8 Å². The van der Waals surface area contributed by atoms with E-state index in [1.54, 1.807) is 6.26 Å². The van der Waals surface area contributed by atoms with Crippen LogP contribution in [-0.2, 0) is 13.0 Å². The highest BCUT2D eigenvalue weighted by Gasteiger charge is 2.15. The third kappa shape index (κ3) is 4.37. The molecule has 1 N–H and O–H groups in total. The number of rotatable bonds is 6. The van der Waals surface area contributed by atoms with E-state index < -0.39 is 8.07 Å². The van der Waals surface area contributed by atoms with Gasteiger partial charge in [-0.05, 0) is 17.7 Å². The normalized spacial score (nSPS) is 11.7. The van der Waals surface area contributed by atoms with Crippen molar-refractivity contribution >= 4 is 13.3 Å². The molecule has 102 valence electrons. The molecule has 0 spiro atoms. The van der Waals surface area contributed by atoms with Crippen molar-refractivity contribution in [2.24, 2.45) is 0 Å². The van der Waals surface area contributed by atoms with E-state index in [2.05, 4.69) is 49.2 Å². The number of furan rings is 1. The zero-order valence-electron chi connectivity index (χ0n) is 12.1. The van der Waals surface area contributed by atoms with Crippen molar-refractivity contribution in [2.75, 3.05) is 6.54 Å². The predicted molar refractivity (Wildman–Crippen MR) is 83.5 cm³/mol. The van der Waals surface area contributed by atoms with E-state index >= 15 is 0 Å². The average molecular weight is 273 g/mol. The maximum atomic E-state index is 5.30. The van der Waals surface area contributed by atoms with Crippen molar-refractivity contribution in [1.82, 2.24) is 5.32 Å². The summed E-state index contributed by atoms with van der Waals surface area (Å²) >= 11 is 0. The third-order valence-electron chi connectivity index (χ3n) is 3.28. The zero-order valence-corrected chi connectivity index (χ0v) is 13.1. The molecule has 0 aliphatic rings. The highest BCUT2D eigenvalue weighted by atomic mass is 28.3. The molecule has 0 aliphatic carbocycles. The Morgan fingerprint density at radius 1 is 1.05 bits per heavy atom. The first kappa shape index (κ1) is 14.1. The average Bonchev–Trinajstić information content (AvgIpc) is 2.87. The SMILES string of the molecule is C[Si](C)(C)c1ccc(CNCCc2ccco2)cc1. The first-order chi connectivity index (χ1) is 9.05. The van der Waals surface area contributed by atoms with Gasteiger partial charge in [0.1, 0.15) is 5.76 Å². The lowest BCUT2D eigenvalue weighted by Gasteiger charge is -2.16. The molecule has 2 nitrogen and oxygen atoms in total. The first-order valence-corrected chi connectivity index (χ1v) is 10.4. The van der Waals surface area contributed by atoms with Crippen LogP contribution in [0.3, 0.4) is 0 Å². The lowest BCUT2D eigenvalue weighted by atomic mass is 10.2. The minimum Gasteiger partial charge on any atom is -0.469 e. The molecule has 2 rings (SSSR count). The Hall–Kier alpha value is -1.32. The summed E-state index contributed by atoms with van der Waals surface area (Å²) in [5.74, 6) is 1.04. The maximum absolute atomic E-state index is 5.30. The van der Waals surface area contributed by atoms with Crippen LogP contribution < -0.4 is 10.5 Å². The summed E-state index contributed by atoms with van der Waals surface area (Å²) in [6.07, 6.45) is 2.67. The Kier molecular flexibility index (Phi) is 4.61. The van der Waals surface area contributed by atoms with E-state index in [9.17, 15) is 0 Å². The summed E-state index contributed by atoms with van der Waals surface area (Å²) in [7, 11) is -1.16. The molecule has 0 fully saturated rings. The Bertz CT molecular complexity index is 482. The van der Waals surface area contributed by atoms with E-state index in [4.69, 9.17) is 4.42 Å². The second-order valence-electron chi connectivity index (χ2n) is 5.95. The van der Waals surface area contributed by atoms with Gasteiger partial charge in [0.05, 0.1) is 14.3 Å². The van der Waals surface area contributed by atoms with Crippen LogP contribution in [0.4, 0.5) is 0 Å². The van der Waals surface area contributed by atoms with Gasteiger partial charge in [-0.15, -0.1) is 0 Å². The topological polar surface area (TPSA) is 25.2 Å². The van der Waals surface area contributed by atoms with Gasteiger partial charge in [0.25, 0.3) is 0 Å². The van der Waals surface area contributed by atoms with Gasteiger partial charge in [0.2, 0.25) is 0 Å². The quantitative estimate of drug-likeness (QED) is 0.646. The van der Waals surface area contributed by atoms with Crippen molar-refractivity contribution in [3.8, 4) is 0 Å². The molecule has 2 aromatic rings. The molecule has 0 amide bonds. The fourth-order valence-corrected chi connectivity index (χ4v) is 3.19. The molecule has 0 aliphatic heterocycles. The molecule has 1 aromatic heterocycles. The monoisotopic (exact) mass is 273 g/mol. The molecular formula is C16H23NOSi. The summed E-state index contributed by atoms with van der Waals surface area (Å²) in [6.45, 7) is 9.01. The summed E-state index contributed by atoms with van der Waals surface area (Å²) in [5.41, 5.74) is 1.35. The van der Waals surface area contributed by atoms with Gasteiger partial charge >= 0.3 is 0 Å². The van der Waals surface area contributed by atoms with Crippen LogP contribution >= 0.6 is 0 Å². The summed E-state index contributed by atoms with van der Waals surface area (Å²) in [6, 6.07) is 13.0. The zero-order chi connectivity index (χ0) is 13.7. The molecule has 0 atom stereocenters. The Morgan fingerprint density at radius 3 is 2.37 bits per heavy atom. The molecule has 19 heavy (non-hydrogen) atoms. The maximum Gasteiger partial charge on any atom is 0.105 e. The minimum atomic E-state index is -1.16. The van der Waals surface area contributed by atoms with Crippen molar-refractivity contribution < 1.29 is 4.42 Å². The van der Waals surface area contributed by atoms with E-state index in [-0.39, 0.29) is 0 Å². The van der Waals surface area contributed by atoms with Gasteiger partial charge in [-0.25, -0.2) is 0 Å². The van der Waals surface area contributed by atoms with Crippen LogP contribution in [0.5, 0.6) is 0 Å². The lowest BCUT2D eigenvalue weighted by Crippen LogP contribution is -2.37. The smallest absolute Gasteiger partial charge is 0.105 e. The van der Waals surface area contributed by atoms with Crippen LogP contribution in [0.2, 0.25) is 19.6 Å². The van der Waals surface area contributed by atoms with Crippen molar-refractivity contribution in [3.63, 3.8) is 0 Å². The van der Waals surface area contributed by atoms with Gasteiger partial charge < -0.3 is 9.73 Å². The van der Waals surface area contributed by atoms with E-state index in [1.807, 2.05) is 12.1 Å². The van der Waals surface area contributed by atoms with Gasteiger partial charge in [0, 0.05) is 19.5 Å². The number of nitrogens with one attached hydrogen (secondary N) is 1. The van der Waals surface area contributed by atoms with Gasteiger partial charge in [-0.1, -0.05) is 49.1 Å². The largest absolute Gasteiger partial charge is 0.469 e. The molecule has 3 heteroatoms.